The molecule has 0 bridgehead atoms. The third-order valence-corrected chi connectivity index (χ3v) is 5.79. The molecule has 5 heteroatoms. The highest BCUT2D eigenvalue weighted by Crippen LogP contribution is 2.29. The van der Waals surface area contributed by atoms with Crippen molar-refractivity contribution in [3.63, 3.8) is 0 Å². The number of benzene rings is 3. The summed E-state index contributed by atoms with van der Waals surface area (Å²) in [6.07, 6.45) is 0.632. The fourth-order valence-electron chi connectivity index (χ4n) is 4.35. The molecule has 2 aliphatic heterocycles. The summed E-state index contributed by atoms with van der Waals surface area (Å²) in [7, 11) is 0. The normalized spacial score (nSPS) is 13.5. The highest BCUT2D eigenvalue weighted by Gasteiger charge is 2.24. The maximum Gasteiger partial charge on any atom is 0.276 e. The fourth-order valence-corrected chi connectivity index (χ4v) is 4.35. The van der Waals surface area contributed by atoms with Crippen molar-refractivity contribution >= 4 is 22.7 Å². The molecule has 4 aromatic rings. The molecule has 30 heavy (non-hydrogen) atoms. The molecule has 3 heterocycles. The first-order valence-corrected chi connectivity index (χ1v) is 9.97. The molecule has 0 N–H and O–H groups in total. The standard InChI is InChI=1S/C25H18N4O/c1-14-22-15(2)24(25-28-21(29-30-25)12-16-8-4-3-5-9-16)27-20(22)13-18-17-10-6-7-11-19(17)26-23(14)18/h3-11,13H,12H2,1-2H3. The first-order chi connectivity index (χ1) is 14.7. The van der Waals surface area contributed by atoms with Gasteiger partial charge in [0.25, 0.3) is 5.89 Å². The van der Waals surface area contributed by atoms with Gasteiger partial charge in [-0.05, 0) is 42.7 Å². The van der Waals surface area contributed by atoms with E-state index in [-0.39, 0.29) is 0 Å². The van der Waals surface area contributed by atoms with Gasteiger partial charge in [-0.1, -0.05) is 53.7 Å². The Bertz CT molecular complexity index is 1580. The van der Waals surface area contributed by atoms with Crippen LogP contribution < -0.4 is 10.6 Å². The Morgan fingerprint density at radius 3 is 2.53 bits per heavy atom. The molecule has 3 aromatic carbocycles. The SMILES string of the molecule is CC1=c2c(cc3c(c2C)N=c2ccccc2=3)N=C1c1nc(Cc2ccccc2)no1. The lowest BCUT2D eigenvalue weighted by atomic mass is 10.0. The Kier molecular flexibility index (Phi) is 3.59. The Hall–Kier alpha value is -3.86. The lowest BCUT2D eigenvalue weighted by molar-refractivity contribution is 0.405. The summed E-state index contributed by atoms with van der Waals surface area (Å²) in [5.41, 5.74) is 6.05. The topological polar surface area (TPSA) is 63.6 Å². The van der Waals surface area contributed by atoms with Gasteiger partial charge in [0.15, 0.2) is 5.82 Å². The molecule has 6 rings (SSSR count). The third kappa shape index (κ3) is 2.48. The van der Waals surface area contributed by atoms with Gasteiger partial charge >= 0.3 is 0 Å². The maximum atomic E-state index is 5.58. The van der Waals surface area contributed by atoms with Crippen molar-refractivity contribution in [3.8, 4) is 0 Å². The number of para-hydroxylation sites is 1. The van der Waals surface area contributed by atoms with Gasteiger partial charge in [-0.2, -0.15) is 4.98 Å². The van der Waals surface area contributed by atoms with Crippen LogP contribution in [0, 0.1) is 17.4 Å². The smallest absolute Gasteiger partial charge is 0.276 e. The third-order valence-electron chi connectivity index (χ3n) is 5.79. The van der Waals surface area contributed by atoms with E-state index in [1.165, 1.54) is 0 Å². The highest BCUT2D eigenvalue weighted by molar-refractivity contribution is 6.28. The van der Waals surface area contributed by atoms with E-state index in [9.17, 15) is 0 Å². The van der Waals surface area contributed by atoms with E-state index < -0.39 is 0 Å². The molecule has 1 aromatic heterocycles. The molecule has 144 valence electrons. The second kappa shape index (κ2) is 6.32. The van der Waals surface area contributed by atoms with E-state index in [0.29, 0.717) is 18.1 Å². The van der Waals surface area contributed by atoms with Crippen molar-refractivity contribution in [2.24, 2.45) is 9.98 Å². The van der Waals surface area contributed by atoms with Crippen LogP contribution in [-0.4, -0.2) is 15.9 Å². The number of fused-ring (bicyclic) bond motifs is 3. The average Bonchev–Trinajstić information content (AvgIpc) is 3.45. The van der Waals surface area contributed by atoms with Gasteiger partial charge in [-0.3, -0.25) is 0 Å². The lowest BCUT2D eigenvalue weighted by Crippen LogP contribution is -2.11. The number of nitrogens with zero attached hydrogens (tertiary/aromatic N) is 4. The number of aliphatic imine (C=N–C) groups is 1. The van der Waals surface area contributed by atoms with Crippen molar-refractivity contribution in [1.29, 1.82) is 0 Å². The number of hydrogen-bond acceptors (Lipinski definition) is 5. The quantitative estimate of drug-likeness (QED) is 0.470. The minimum absolute atomic E-state index is 0.464. The van der Waals surface area contributed by atoms with Crippen LogP contribution in [-0.2, 0) is 6.42 Å². The van der Waals surface area contributed by atoms with Crippen LogP contribution in [0.4, 0.5) is 11.4 Å². The zero-order valence-electron chi connectivity index (χ0n) is 16.7. The van der Waals surface area contributed by atoms with Crippen LogP contribution >= 0.6 is 0 Å². The first-order valence-electron chi connectivity index (χ1n) is 9.97. The van der Waals surface area contributed by atoms with E-state index in [1.54, 1.807) is 0 Å². The Labute approximate surface area is 172 Å². The summed E-state index contributed by atoms with van der Waals surface area (Å²) in [6.45, 7) is 4.18. The predicted molar refractivity (Wildman–Crippen MR) is 115 cm³/mol. The molecule has 0 radical (unpaired) electrons. The van der Waals surface area contributed by atoms with Crippen molar-refractivity contribution < 1.29 is 4.52 Å². The molecule has 0 atom stereocenters. The first kappa shape index (κ1) is 17.0. The van der Waals surface area contributed by atoms with Crippen LogP contribution in [0.15, 0.2) is 75.2 Å². The lowest BCUT2D eigenvalue weighted by Gasteiger charge is -2.02. The molecule has 0 saturated carbocycles. The second-order valence-corrected chi connectivity index (χ2v) is 7.68. The Balaban J connectivity index is 1.46. The van der Waals surface area contributed by atoms with E-state index in [2.05, 4.69) is 54.3 Å². The van der Waals surface area contributed by atoms with Crippen LogP contribution in [0.25, 0.3) is 5.57 Å². The van der Waals surface area contributed by atoms with E-state index in [4.69, 9.17) is 14.5 Å². The molecular weight excluding hydrogens is 372 g/mol. The molecule has 0 saturated heterocycles. The molecule has 0 fully saturated rings. The van der Waals surface area contributed by atoms with Gasteiger partial charge in [0.05, 0.1) is 16.7 Å². The molecule has 2 aliphatic rings. The molecule has 0 spiro atoms. The van der Waals surface area contributed by atoms with Gasteiger partial charge in [0, 0.05) is 22.1 Å². The van der Waals surface area contributed by atoms with Gasteiger partial charge in [0.2, 0.25) is 0 Å². The van der Waals surface area contributed by atoms with Gasteiger partial charge in [-0.25, -0.2) is 9.98 Å². The number of rotatable bonds is 3. The molecule has 0 aliphatic carbocycles. The summed E-state index contributed by atoms with van der Waals surface area (Å²) in [6, 6.07) is 20.5. The Morgan fingerprint density at radius 2 is 1.67 bits per heavy atom. The molecular formula is C25H18N4O. The van der Waals surface area contributed by atoms with Crippen LogP contribution in [0.5, 0.6) is 0 Å². The highest BCUT2D eigenvalue weighted by atomic mass is 16.5. The number of aromatic nitrogens is 2. The fraction of sp³-hybridized carbons (Fsp3) is 0.120. The molecule has 5 nitrogen and oxygen atoms in total. The summed E-state index contributed by atoms with van der Waals surface area (Å²) in [5, 5.41) is 8.59. The largest absolute Gasteiger partial charge is 0.332 e. The van der Waals surface area contributed by atoms with Crippen molar-refractivity contribution in [3.05, 3.63) is 105 Å². The van der Waals surface area contributed by atoms with Crippen molar-refractivity contribution in [1.82, 2.24) is 10.1 Å². The molecule has 0 amide bonds. The van der Waals surface area contributed by atoms with E-state index >= 15 is 0 Å². The number of hydrogen-bond donors (Lipinski definition) is 0. The minimum Gasteiger partial charge on any atom is -0.332 e. The van der Waals surface area contributed by atoms with Crippen LogP contribution in [0.1, 0.15) is 29.8 Å². The van der Waals surface area contributed by atoms with Crippen LogP contribution in [0.3, 0.4) is 0 Å². The average molecular weight is 390 g/mol. The summed E-state index contributed by atoms with van der Waals surface area (Å²) < 4.78 is 5.58. The minimum atomic E-state index is 0.464. The van der Waals surface area contributed by atoms with Crippen LogP contribution in [0.2, 0.25) is 0 Å². The predicted octanol–water partition coefficient (Wildman–Crippen LogP) is 3.83. The van der Waals surface area contributed by atoms with E-state index in [0.717, 1.165) is 54.8 Å². The zero-order chi connectivity index (χ0) is 20.2. The van der Waals surface area contributed by atoms with Gasteiger partial charge in [0.1, 0.15) is 5.71 Å². The summed E-state index contributed by atoms with van der Waals surface area (Å²) >= 11 is 0. The van der Waals surface area contributed by atoms with Crippen molar-refractivity contribution in [2.45, 2.75) is 20.3 Å². The Morgan fingerprint density at radius 1 is 0.867 bits per heavy atom. The second-order valence-electron chi connectivity index (χ2n) is 7.68. The zero-order valence-corrected chi connectivity index (χ0v) is 16.7. The van der Waals surface area contributed by atoms with E-state index in [1.807, 2.05) is 30.3 Å². The monoisotopic (exact) mass is 390 g/mol. The maximum absolute atomic E-state index is 5.58. The van der Waals surface area contributed by atoms with Crippen molar-refractivity contribution in [2.75, 3.05) is 0 Å². The van der Waals surface area contributed by atoms with Gasteiger partial charge < -0.3 is 4.52 Å². The molecule has 0 unspecified atom stereocenters. The van der Waals surface area contributed by atoms with Gasteiger partial charge in [-0.15, -0.1) is 0 Å². The summed E-state index contributed by atoms with van der Waals surface area (Å²) in [4.78, 5) is 14.3. The summed E-state index contributed by atoms with van der Waals surface area (Å²) in [5.74, 6) is 1.12.